The van der Waals surface area contributed by atoms with E-state index in [4.69, 9.17) is 12.3 Å². The zero-order chi connectivity index (χ0) is 22.6. The SMILES string of the molecule is CC[Si](CC)(CC)O[Si](CCCI)(O[Si](CC)(CC)CC)O[Si](CC)(CC)CC. The summed E-state index contributed by atoms with van der Waals surface area (Å²) in [5, 5.41) is 0. The number of halogens is 1. The van der Waals surface area contributed by atoms with Crippen molar-refractivity contribution in [3.8, 4) is 0 Å². The molecular weight excluding hydrogens is 539 g/mol. The van der Waals surface area contributed by atoms with Crippen LogP contribution in [-0.4, -0.2) is 38.2 Å². The molecule has 0 fully saturated rings. The third kappa shape index (κ3) is 8.40. The first-order valence-corrected chi connectivity index (χ1v) is 23.4. The first-order valence-electron chi connectivity index (χ1n) is 12.4. The van der Waals surface area contributed by atoms with Crippen LogP contribution in [0.5, 0.6) is 0 Å². The minimum Gasteiger partial charge on any atom is -0.416 e. The van der Waals surface area contributed by atoms with E-state index < -0.39 is 33.8 Å². The molecule has 0 N–H and O–H groups in total. The average Bonchev–Trinajstić information content (AvgIpc) is 2.78. The molecule has 3 nitrogen and oxygen atoms in total. The van der Waals surface area contributed by atoms with Crippen LogP contribution in [0.2, 0.25) is 60.4 Å². The Morgan fingerprint density at radius 2 is 0.724 bits per heavy atom. The lowest BCUT2D eigenvalue weighted by Gasteiger charge is -2.48. The minimum atomic E-state index is -2.73. The van der Waals surface area contributed by atoms with Gasteiger partial charge in [0, 0.05) is 6.04 Å². The summed E-state index contributed by atoms with van der Waals surface area (Å²) >= 11 is 2.51. The summed E-state index contributed by atoms with van der Waals surface area (Å²) < 4.78 is 23.3. The van der Waals surface area contributed by atoms with Crippen molar-refractivity contribution in [2.24, 2.45) is 0 Å². The Hall–Kier alpha value is 1.48. The Balaban J connectivity index is 6.47. The number of hydrogen-bond acceptors (Lipinski definition) is 3. The third-order valence-corrected chi connectivity index (χ3v) is 29.8. The summed E-state index contributed by atoms with van der Waals surface area (Å²) in [6.45, 7) is 21.0. The largest absolute Gasteiger partial charge is 0.469 e. The molecule has 0 radical (unpaired) electrons. The van der Waals surface area contributed by atoms with E-state index in [1.807, 2.05) is 0 Å². The van der Waals surface area contributed by atoms with E-state index in [2.05, 4.69) is 84.9 Å². The van der Waals surface area contributed by atoms with Crippen molar-refractivity contribution in [1.29, 1.82) is 0 Å². The van der Waals surface area contributed by atoms with Crippen LogP contribution in [0, 0.1) is 0 Å². The zero-order valence-electron chi connectivity index (χ0n) is 21.1. The summed E-state index contributed by atoms with van der Waals surface area (Å²) in [7, 11) is -8.21. The van der Waals surface area contributed by atoms with E-state index in [0.29, 0.717) is 0 Å². The van der Waals surface area contributed by atoms with Gasteiger partial charge in [-0.15, -0.1) is 0 Å². The molecule has 0 amide bonds. The Morgan fingerprint density at radius 3 is 0.897 bits per heavy atom. The van der Waals surface area contributed by atoms with E-state index in [0.717, 1.165) is 16.9 Å². The van der Waals surface area contributed by atoms with Gasteiger partial charge < -0.3 is 12.3 Å². The van der Waals surface area contributed by atoms with Crippen molar-refractivity contribution < 1.29 is 12.3 Å². The smallest absolute Gasteiger partial charge is 0.416 e. The molecule has 8 heteroatoms. The highest BCUT2D eigenvalue weighted by Gasteiger charge is 2.54. The molecule has 0 aliphatic rings. The Kier molecular flexibility index (Phi) is 15.3. The number of alkyl halides is 1. The van der Waals surface area contributed by atoms with Gasteiger partial charge >= 0.3 is 8.80 Å². The zero-order valence-corrected chi connectivity index (χ0v) is 27.2. The second-order valence-electron chi connectivity index (χ2n) is 8.51. The molecule has 0 heterocycles. The fourth-order valence-corrected chi connectivity index (χ4v) is 26.6. The van der Waals surface area contributed by atoms with Gasteiger partial charge in [-0.1, -0.05) is 84.9 Å². The third-order valence-electron chi connectivity index (χ3n) is 7.53. The van der Waals surface area contributed by atoms with Crippen molar-refractivity contribution in [3.63, 3.8) is 0 Å². The van der Waals surface area contributed by atoms with Gasteiger partial charge in [0.05, 0.1) is 0 Å². The van der Waals surface area contributed by atoms with Crippen LogP contribution in [-0.2, 0) is 12.3 Å². The fraction of sp³-hybridized carbons (Fsp3) is 1.00. The molecule has 0 aromatic carbocycles. The monoisotopic (exact) mass is 590 g/mol. The second kappa shape index (κ2) is 14.6. The molecule has 0 saturated carbocycles. The number of rotatable bonds is 18. The van der Waals surface area contributed by atoms with Gasteiger partial charge in [-0.2, -0.15) is 0 Å². The molecule has 0 aliphatic carbocycles. The number of hydrogen-bond donors (Lipinski definition) is 0. The van der Waals surface area contributed by atoms with Gasteiger partial charge in [0.25, 0.3) is 0 Å². The highest BCUT2D eigenvalue weighted by molar-refractivity contribution is 14.1. The van der Waals surface area contributed by atoms with Gasteiger partial charge in [-0.05, 0) is 65.2 Å². The van der Waals surface area contributed by atoms with E-state index in [1.165, 1.54) is 54.4 Å². The maximum absolute atomic E-state index is 7.40. The van der Waals surface area contributed by atoms with E-state index in [9.17, 15) is 0 Å². The molecule has 0 aliphatic heterocycles. The van der Waals surface area contributed by atoms with Gasteiger partial charge in [-0.25, -0.2) is 0 Å². The normalized spacial score (nSPS) is 13.9. The first-order chi connectivity index (χ1) is 13.7. The van der Waals surface area contributed by atoms with Crippen LogP contribution in [0.4, 0.5) is 0 Å². The highest BCUT2D eigenvalue weighted by Crippen LogP contribution is 2.39. The molecule has 0 saturated heterocycles. The molecule has 0 unspecified atom stereocenters. The van der Waals surface area contributed by atoms with Crippen molar-refractivity contribution in [3.05, 3.63) is 0 Å². The predicted molar refractivity (Wildman–Crippen MR) is 149 cm³/mol. The van der Waals surface area contributed by atoms with Gasteiger partial charge in [0.1, 0.15) is 0 Å². The standard InChI is InChI=1S/C21H51IO3Si4/c1-10-26(11-2,12-3)23-29(21-19-20-22,24-27(13-4,14-5)15-6)25-28(16-7,17-8)18-9/h10-21H2,1-9H3. The molecule has 0 rings (SSSR count). The average molecular weight is 591 g/mol. The molecular formula is C21H51IO3Si4. The lowest BCUT2D eigenvalue weighted by molar-refractivity contribution is 0.239. The molecule has 0 aromatic heterocycles. The van der Waals surface area contributed by atoms with E-state index in [-0.39, 0.29) is 0 Å². The summed E-state index contributed by atoms with van der Waals surface area (Å²) in [5.41, 5.74) is 0. The Morgan fingerprint density at radius 1 is 0.483 bits per heavy atom. The predicted octanol–water partition coefficient (Wildman–Crippen LogP) is 8.82. The quantitative estimate of drug-likeness (QED) is 0.0907. The first kappa shape index (κ1) is 30.5. The van der Waals surface area contributed by atoms with Crippen LogP contribution in [0.1, 0.15) is 68.7 Å². The summed E-state index contributed by atoms with van der Waals surface area (Å²) in [6.07, 6.45) is 1.15. The van der Waals surface area contributed by atoms with Crippen molar-refractivity contribution in [2.45, 2.75) is 129 Å². The van der Waals surface area contributed by atoms with Gasteiger partial charge in [-0.3, -0.25) is 0 Å². The molecule has 0 spiro atoms. The van der Waals surface area contributed by atoms with Crippen LogP contribution in [0.15, 0.2) is 0 Å². The lowest BCUT2D eigenvalue weighted by Crippen LogP contribution is -2.64. The lowest BCUT2D eigenvalue weighted by atomic mass is 10.6. The molecule has 29 heavy (non-hydrogen) atoms. The molecule has 0 aromatic rings. The van der Waals surface area contributed by atoms with Crippen LogP contribution < -0.4 is 0 Å². The van der Waals surface area contributed by atoms with E-state index in [1.54, 1.807) is 0 Å². The van der Waals surface area contributed by atoms with Gasteiger partial charge in [0.2, 0.25) is 0 Å². The Labute approximate surface area is 201 Å². The molecule has 0 bridgehead atoms. The summed E-state index contributed by atoms with van der Waals surface area (Å²) in [4.78, 5) is 0. The summed E-state index contributed by atoms with van der Waals surface area (Å²) in [5.74, 6) is 0. The molecule has 176 valence electrons. The van der Waals surface area contributed by atoms with E-state index >= 15 is 0 Å². The topological polar surface area (TPSA) is 27.7 Å². The second-order valence-corrected chi connectivity index (χ2v) is 27.4. The van der Waals surface area contributed by atoms with Crippen molar-refractivity contribution in [1.82, 2.24) is 0 Å². The van der Waals surface area contributed by atoms with Crippen LogP contribution >= 0.6 is 22.6 Å². The Bertz CT molecular complexity index is 348. The van der Waals surface area contributed by atoms with Crippen molar-refractivity contribution >= 4 is 56.3 Å². The molecule has 0 atom stereocenters. The fourth-order valence-electron chi connectivity index (χ4n) is 4.39. The minimum absolute atomic E-state index is 1.02. The summed E-state index contributed by atoms with van der Waals surface area (Å²) in [6, 6.07) is 11.6. The van der Waals surface area contributed by atoms with Crippen molar-refractivity contribution in [2.75, 3.05) is 4.43 Å². The van der Waals surface area contributed by atoms with Crippen LogP contribution in [0.3, 0.4) is 0 Å². The van der Waals surface area contributed by atoms with Gasteiger partial charge in [0.15, 0.2) is 25.0 Å². The maximum atomic E-state index is 7.40. The highest BCUT2D eigenvalue weighted by atomic mass is 127. The maximum Gasteiger partial charge on any atom is 0.469 e. The van der Waals surface area contributed by atoms with Crippen LogP contribution in [0.25, 0.3) is 0 Å².